The number of nitrogens with zero attached hydrogens (tertiary/aromatic N) is 2. The molecule has 1 fully saturated rings. The molecule has 2 heterocycles. The number of carbonyl (C=O) groups excluding carboxylic acids is 2. The molecule has 1 aliphatic heterocycles. The van der Waals surface area contributed by atoms with Crippen LogP contribution in [0.25, 0.3) is 5.70 Å². The number of rotatable bonds is 12. The van der Waals surface area contributed by atoms with Gasteiger partial charge in [0.2, 0.25) is 11.8 Å². The fraction of sp³-hybridized carbons (Fsp3) is 0.414. The van der Waals surface area contributed by atoms with E-state index in [-0.39, 0.29) is 55.2 Å². The maximum absolute atomic E-state index is 14.3. The van der Waals surface area contributed by atoms with Gasteiger partial charge in [-0.25, -0.2) is 13.2 Å². The molecule has 0 bridgehead atoms. The maximum Gasteiger partial charge on any atom is 0.251 e. The Balaban J connectivity index is 1.76. The molecule has 4 N–H and O–H groups in total. The predicted molar refractivity (Wildman–Crippen MR) is 146 cm³/mol. The molecule has 0 spiro atoms. The quantitative estimate of drug-likeness (QED) is 0.235. The van der Waals surface area contributed by atoms with Gasteiger partial charge in [-0.3, -0.25) is 19.5 Å². The second kappa shape index (κ2) is 12.2. The highest BCUT2D eigenvalue weighted by Crippen LogP contribution is 2.28. The van der Waals surface area contributed by atoms with Crippen LogP contribution in [0.2, 0.25) is 0 Å². The van der Waals surface area contributed by atoms with Crippen molar-refractivity contribution in [3.05, 3.63) is 83.7 Å². The second-order valence-electron chi connectivity index (χ2n) is 10.9. The summed E-state index contributed by atoms with van der Waals surface area (Å²) in [6.45, 7) is 9.17. The van der Waals surface area contributed by atoms with Crippen LogP contribution >= 0.6 is 0 Å². The number of likely N-dealkylation sites (tertiary alicyclic amines) is 1. The van der Waals surface area contributed by atoms with E-state index >= 15 is 0 Å². The van der Waals surface area contributed by atoms with E-state index in [0.717, 1.165) is 19.1 Å². The Morgan fingerprint density at radius 3 is 2.48 bits per heavy atom. The third-order valence-corrected chi connectivity index (χ3v) is 6.67. The van der Waals surface area contributed by atoms with Gasteiger partial charge in [0.05, 0.1) is 23.2 Å². The normalized spacial score (nSPS) is 16.9. The van der Waals surface area contributed by atoms with Gasteiger partial charge in [0.1, 0.15) is 11.6 Å². The summed E-state index contributed by atoms with van der Waals surface area (Å²) in [4.78, 5) is 32.5. The molecule has 1 aromatic heterocycles. The van der Waals surface area contributed by atoms with Crippen molar-refractivity contribution in [3.8, 4) is 0 Å². The third kappa shape index (κ3) is 8.15. The lowest BCUT2D eigenvalue weighted by Gasteiger charge is -2.51. The first-order valence-corrected chi connectivity index (χ1v) is 12.9. The minimum absolute atomic E-state index is 0.0215. The smallest absolute Gasteiger partial charge is 0.251 e. The molecule has 1 aliphatic rings. The molecule has 2 amide bonds. The summed E-state index contributed by atoms with van der Waals surface area (Å²) in [5.41, 5.74) is -0.882. The van der Waals surface area contributed by atoms with Crippen LogP contribution in [0.4, 0.5) is 13.2 Å². The molecule has 0 saturated carbocycles. The Morgan fingerprint density at radius 1 is 1.20 bits per heavy atom. The Morgan fingerprint density at radius 2 is 1.90 bits per heavy atom. The minimum Gasteiger partial charge on any atom is -0.388 e. The van der Waals surface area contributed by atoms with Gasteiger partial charge < -0.3 is 21.1 Å². The molecule has 1 unspecified atom stereocenters. The molecule has 1 atom stereocenters. The van der Waals surface area contributed by atoms with Crippen molar-refractivity contribution in [2.75, 3.05) is 26.7 Å². The van der Waals surface area contributed by atoms with Crippen LogP contribution in [0.5, 0.6) is 0 Å². The SMILES string of the molecule is C=C(/C=C(\NC)c1ccc(F)cc1F)C(=O)NC1(CC(=O)NC(C)(C)c2ccccn2)CN(CCC(C)(O)F)C1. The largest absolute Gasteiger partial charge is 0.388 e. The molecule has 3 rings (SSSR count). The summed E-state index contributed by atoms with van der Waals surface area (Å²) >= 11 is 0. The van der Waals surface area contributed by atoms with E-state index in [1.807, 2.05) is 24.8 Å². The molecular formula is C29H36F3N5O3. The van der Waals surface area contributed by atoms with Gasteiger partial charge in [-0.2, -0.15) is 0 Å². The number of alkyl halides is 1. The van der Waals surface area contributed by atoms with Crippen molar-refractivity contribution < 1.29 is 27.9 Å². The van der Waals surface area contributed by atoms with Gasteiger partial charge in [0.25, 0.3) is 5.91 Å². The van der Waals surface area contributed by atoms with Crippen LogP contribution in [-0.2, 0) is 15.1 Å². The maximum atomic E-state index is 14.3. The summed E-state index contributed by atoms with van der Waals surface area (Å²) < 4.78 is 41.3. The average Bonchev–Trinajstić information content (AvgIpc) is 2.84. The summed E-state index contributed by atoms with van der Waals surface area (Å²) in [5, 5.41) is 18.1. The highest BCUT2D eigenvalue weighted by molar-refractivity contribution is 5.98. The standard InChI is InChI=1S/C29H36F3N5O3/c1-19(14-23(33-5)21-10-9-20(30)15-22(21)31)26(39)36-29(17-37(18-29)13-11-28(4,32)40)16-25(38)35-27(2,3)24-8-6-7-12-34-24/h6-10,12,14-15,33,40H,1,11,13,16-18H2,2-5H3,(H,35,38)(H,36,39)/b23-14-. The fourth-order valence-corrected chi connectivity index (χ4v) is 4.62. The topological polar surface area (TPSA) is 107 Å². The summed E-state index contributed by atoms with van der Waals surface area (Å²) in [6.07, 6.45) is 2.74. The summed E-state index contributed by atoms with van der Waals surface area (Å²) in [7, 11) is 1.53. The first-order valence-electron chi connectivity index (χ1n) is 12.9. The first kappa shape index (κ1) is 30.8. The Kier molecular flexibility index (Phi) is 9.42. The molecule has 40 heavy (non-hydrogen) atoms. The number of nitrogens with one attached hydrogen (secondary N) is 3. The van der Waals surface area contributed by atoms with Gasteiger partial charge in [0, 0.05) is 62.2 Å². The molecule has 1 aromatic carbocycles. The van der Waals surface area contributed by atoms with Crippen molar-refractivity contribution in [2.45, 2.75) is 50.5 Å². The zero-order valence-electron chi connectivity index (χ0n) is 23.2. The molecule has 0 radical (unpaired) electrons. The number of aromatic nitrogens is 1. The summed E-state index contributed by atoms with van der Waals surface area (Å²) in [6, 6.07) is 8.47. The minimum atomic E-state index is -2.34. The molecule has 1 saturated heterocycles. The summed E-state index contributed by atoms with van der Waals surface area (Å²) in [5.74, 6) is -4.81. The van der Waals surface area contributed by atoms with E-state index in [9.17, 15) is 27.9 Å². The zero-order chi connectivity index (χ0) is 29.7. The van der Waals surface area contributed by atoms with Gasteiger partial charge >= 0.3 is 0 Å². The van der Waals surface area contributed by atoms with Crippen molar-refractivity contribution >= 4 is 17.5 Å². The van der Waals surface area contributed by atoms with E-state index in [4.69, 9.17) is 0 Å². The van der Waals surface area contributed by atoms with E-state index in [1.165, 1.54) is 19.2 Å². The number of hydrogen-bond acceptors (Lipinski definition) is 6. The van der Waals surface area contributed by atoms with Crippen LogP contribution in [0.15, 0.2) is 60.8 Å². The fourth-order valence-electron chi connectivity index (χ4n) is 4.62. The molecular weight excluding hydrogens is 523 g/mol. The molecule has 11 heteroatoms. The monoisotopic (exact) mass is 559 g/mol. The van der Waals surface area contributed by atoms with Gasteiger partial charge in [-0.05, 0) is 51.1 Å². The average molecular weight is 560 g/mol. The lowest BCUT2D eigenvalue weighted by molar-refractivity contribution is -0.130. The number of hydrogen-bond donors (Lipinski definition) is 4. The second-order valence-corrected chi connectivity index (χ2v) is 10.9. The van der Waals surface area contributed by atoms with Crippen molar-refractivity contribution in [2.24, 2.45) is 0 Å². The number of benzene rings is 1. The van der Waals surface area contributed by atoms with Gasteiger partial charge in [-0.1, -0.05) is 12.6 Å². The molecule has 8 nitrogen and oxygen atoms in total. The van der Waals surface area contributed by atoms with E-state index in [0.29, 0.717) is 5.69 Å². The van der Waals surface area contributed by atoms with Crippen LogP contribution in [-0.4, -0.2) is 64.9 Å². The van der Waals surface area contributed by atoms with Crippen LogP contribution in [0.3, 0.4) is 0 Å². The van der Waals surface area contributed by atoms with Crippen LogP contribution in [0.1, 0.15) is 44.9 Å². The molecule has 0 aliphatic carbocycles. The van der Waals surface area contributed by atoms with E-state index < -0.39 is 34.5 Å². The van der Waals surface area contributed by atoms with Crippen molar-refractivity contribution in [1.82, 2.24) is 25.8 Å². The predicted octanol–water partition coefficient (Wildman–Crippen LogP) is 3.16. The lowest BCUT2D eigenvalue weighted by atomic mass is 9.84. The van der Waals surface area contributed by atoms with Gasteiger partial charge in [-0.15, -0.1) is 0 Å². The highest BCUT2D eigenvalue weighted by atomic mass is 19.2. The van der Waals surface area contributed by atoms with Crippen LogP contribution < -0.4 is 16.0 Å². The number of carbonyl (C=O) groups is 2. The molecule has 216 valence electrons. The highest BCUT2D eigenvalue weighted by Gasteiger charge is 2.46. The molecule has 2 aromatic rings. The number of aliphatic hydroxyl groups is 1. The number of amides is 2. The van der Waals surface area contributed by atoms with E-state index in [2.05, 4.69) is 27.5 Å². The van der Waals surface area contributed by atoms with Gasteiger partial charge in [0.15, 0.2) is 0 Å². The third-order valence-electron chi connectivity index (χ3n) is 6.67. The number of pyridine rings is 1. The Bertz CT molecular complexity index is 1270. The lowest BCUT2D eigenvalue weighted by Crippen LogP contribution is -2.71. The Hall–Kier alpha value is -3.70. The zero-order valence-corrected chi connectivity index (χ0v) is 23.2. The Labute approximate surface area is 232 Å². The van der Waals surface area contributed by atoms with E-state index in [1.54, 1.807) is 18.3 Å². The van der Waals surface area contributed by atoms with Crippen LogP contribution in [0, 0.1) is 11.6 Å². The van der Waals surface area contributed by atoms with Crippen molar-refractivity contribution in [3.63, 3.8) is 0 Å². The first-order chi connectivity index (χ1) is 18.6. The van der Waals surface area contributed by atoms with Crippen molar-refractivity contribution in [1.29, 1.82) is 0 Å². The number of halogens is 3.